The zero-order valence-corrected chi connectivity index (χ0v) is 29.0. The van der Waals surface area contributed by atoms with Crippen LogP contribution in [0.1, 0.15) is 58.1 Å². The third-order valence-corrected chi connectivity index (χ3v) is 8.42. The maximum absolute atomic E-state index is 14.0. The average Bonchev–Trinajstić information content (AvgIpc) is 3.49. The normalized spacial score (nSPS) is 15.9. The fourth-order valence-corrected chi connectivity index (χ4v) is 5.93. The summed E-state index contributed by atoms with van der Waals surface area (Å²) in [6.45, 7) is 7.59. The van der Waals surface area contributed by atoms with Crippen molar-refractivity contribution in [1.82, 2.24) is 26.6 Å². The summed E-state index contributed by atoms with van der Waals surface area (Å²) in [6.07, 6.45) is -0.131. The van der Waals surface area contributed by atoms with E-state index in [1.165, 1.54) is 0 Å². The molecule has 1 heterocycles. The van der Waals surface area contributed by atoms with Gasteiger partial charge in [-0.2, -0.15) is 0 Å². The molecule has 3 aromatic rings. The summed E-state index contributed by atoms with van der Waals surface area (Å²) in [5, 5.41) is 15.3. The van der Waals surface area contributed by atoms with Crippen LogP contribution in [0.25, 0.3) is 10.8 Å². The number of alkyl carbamates (subject to hydrolysis) is 1. The van der Waals surface area contributed by atoms with Gasteiger partial charge in [-0.1, -0.05) is 86.6 Å². The average molecular weight is 686 g/mol. The van der Waals surface area contributed by atoms with Gasteiger partial charge in [-0.05, 0) is 60.9 Å². The highest BCUT2D eigenvalue weighted by Gasteiger charge is 2.36. The fourth-order valence-electron chi connectivity index (χ4n) is 5.93. The van der Waals surface area contributed by atoms with Gasteiger partial charge in [0, 0.05) is 24.9 Å². The largest absolute Gasteiger partial charge is 0.445 e. The molecule has 266 valence electrons. The Morgan fingerprint density at radius 2 is 1.44 bits per heavy atom. The predicted molar refractivity (Wildman–Crippen MR) is 189 cm³/mol. The topological polar surface area (TPSA) is 172 Å². The van der Waals surface area contributed by atoms with Crippen LogP contribution in [0.15, 0.2) is 72.8 Å². The summed E-state index contributed by atoms with van der Waals surface area (Å²) in [5.74, 6) is -3.95. The summed E-state index contributed by atoms with van der Waals surface area (Å²) in [5.41, 5.74) is 1.57. The number of hydrogen-bond acceptors (Lipinski definition) is 7. The minimum absolute atomic E-state index is 0.00746. The summed E-state index contributed by atoms with van der Waals surface area (Å²) in [7, 11) is 0. The highest BCUT2D eigenvalue weighted by atomic mass is 16.5. The number of fused-ring (bicyclic) bond motifs is 1. The number of hydrogen-bond donors (Lipinski definition) is 5. The van der Waals surface area contributed by atoms with Crippen LogP contribution in [0, 0.1) is 11.8 Å². The van der Waals surface area contributed by atoms with Crippen molar-refractivity contribution in [3.63, 3.8) is 0 Å². The SMILES string of the molecule is CC(C)C[C@H](NC(=O)C(Cc1cccc2ccccc12)NC(=O)OCc1ccccc1)C(=O)N[C@@H](C[C@@H]1CCNC1=O)C(=O)C(=O)NC(C)C. The van der Waals surface area contributed by atoms with Crippen molar-refractivity contribution in [3.05, 3.63) is 83.9 Å². The van der Waals surface area contributed by atoms with Gasteiger partial charge < -0.3 is 31.3 Å². The first-order valence-electron chi connectivity index (χ1n) is 17.1. The van der Waals surface area contributed by atoms with E-state index in [0.717, 1.165) is 21.9 Å². The Morgan fingerprint density at radius 3 is 2.12 bits per heavy atom. The van der Waals surface area contributed by atoms with E-state index in [4.69, 9.17) is 4.74 Å². The van der Waals surface area contributed by atoms with Crippen molar-refractivity contribution in [1.29, 1.82) is 0 Å². The highest BCUT2D eigenvalue weighted by molar-refractivity contribution is 6.38. The molecule has 0 spiro atoms. The maximum Gasteiger partial charge on any atom is 0.408 e. The predicted octanol–water partition coefficient (Wildman–Crippen LogP) is 3.31. The second kappa shape index (κ2) is 17.9. The molecule has 1 unspecified atom stereocenters. The van der Waals surface area contributed by atoms with E-state index in [9.17, 15) is 28.8 Å². The lowest BCUT2D eigenvalue weighted by atomic mass is 9.94. The Balaban J connectivity index is 1.56. The molecule has 50 heavy (non-hydrogen) atoms. The van der Waals surface area contributed by atoms with Gasteiger partial charge in [0.1, 0.15) is 18.7 Å². The molecule has 1 aliphatic rings. The maximum atomic E-state index is 14.0. The standard InChI is InChI=1S/C38H47N5O7/c1-23(2)19-31(35(46)41-30(21-28-17-18-39-34(28)45)33(44)37(48)40-24(3)4)42-36(47)32(43-38(49)50-22-25-11-6-5-7-12-25)20-27-15-10-14-26-13-8-9-16-29(26)27/h5-16,23-24,28,30-32H,17-22H2,1-4H3,(H,39,45)(H,40,48)(H,41,46)(H,42,47)(H,43,49)/t28-,30-,31-,32?/m0/s1. The quantitative estimate of drug-likeness (QED) is 0.144. The number of ketones is 1. The minimum Gasteiger partial charge on any atom is -0.445 e. The molecule has 0 aliphatic carbocycles. The molecule has 0 aromatic heterocycles. The van der Waals surface area contributed by atoms with Crippen LogP contribution in [0.2, 0.25) is 0 Å². The molecule has 12 nitrogen and oxygen atoms in total. The molecule has 5 amide bonds. The van der Waals surface area contributed by atoms with E-state index in [2.05, 4.69) is 26.6 Å². The van der Waals surface area contributed by atoms with Crippen LogP contribution < -0.4 is 26.6 Å². The number of carbonyl (C=O) groups is 6. The van der Waals surface area contributed by atoms with E-state index in [-0.39, 0.29) is 43.7 Å². The molecular formula is C38H47N5O7. The number of rotatable bonds is 16. The number of amides is 5. The van der Waals surface area contributed by atoms with Crippen LogP contribution in [0.4, 0.5) is 4.79 Å². The van der Waals surface area contributed by atoms with E-state index >= 15 is 0 Å². The van der Waals surface area contributed by atoms with Crippen LogP contribution in [0.3, 0.4) is 0 Å². The van der Waals surface area contributed by atoms with Crippen molar-refractivity contribution in [3.8, 4) is 0 Å². The zero-order chi connectivity index (χ0) is 36.2. The van der Waals surface area contributed by atoms with Gasteiger partial charge in [-0.15, -0.1) is 0 Å². The van der Waals surface area contributed by atoms with E-state index in [1.54, 1.807) is 13.8 Å². The van der Waals surface area contributed by atoms with Crippen molar-refractivity contribution in [2.24, 2.45) is 11.8 Å². The number of benzene rings is 3. The number of nitrogens with one attached hydrogen (secondary N) is 5. The number of ether oxygens (including phenoxy) is 1. The molecule has 4 atom stereocenters. The smallest absolute Gasteiger partial charge is 0.408 e. The van der Waals surface area contributed by atoms with Gasteiger partial charge in [0.05, 0.1) is 6.04 Å². The Hall–Kier alpha value is -5.26. The monoisotopic (exact) mass is 685 g/mol. The fraction of sp³-hybridized carbons (Fsp3) is 0.421. The molecule has 1 fully saturated rings. The first-order valence-corrected chi connectivity index (χ1v) is 17.1. The molecule has 12 heteroatoms. The Bertz CT molecular complexity index is 1670. The Kier molecular flexibility index (Phi) is 13.5. The van der Waals surface area contributed by atoms with E-state index in [0.29, 0.717) is 13.0 Å². The van der Waals surface area contributed by atoms with Crippen molar-refractivity contribution < 1.29 is 33.5 Å². The lowest BCUT2D eigenvalue weighted by Gasteiger charge is -2.27. The molecule has 3 aromatic carbocycles. The first kappa shape index (κ1) is 37.6. The van der Waals surface area contributed by atoms with Crippen LogP contribution >= 0.6 is 0 Å². The van der Waals surface area contributed by atoms with E-state index in [1.807, 2.05) is 86.6 Å². The minimum atomic E-state index is -1.29. The molecule has 0 radical (unpaired) electrons. The second-order valence-corrected chi connectivity index (χ2v) is 13.4. The summed E-state index contributed by atoms with van der Waals surface area (Å²) in [4.78, 5) is 79.3. The van der Waals surface area contributed by atoms with Gasteiger partial charge in [-0.25, -0.2) is 4.79 Å². The summed E-state index contributed by atoms with van der Waals surface area (Å²) >= 11 is 0. The molecule has 0 saturated carbocycles. The second-order valence-electron chi connectivity index (χ2n) is 13.4. The van der Waals surface area contributed by atoms with Gasteiger partial charge in [0.2, 0.25) is 23.5 Å². The van der Waals surface area contributed by atoms with Gasteiger partial charge in [-0.3, -0.25) is 24.0 Å². The first-order chi connectivity index (χ1) is 23.9. The van der Waals surface area contributed by atoms with Crippen LogP contribution in [-0.4, -0.2) is 66.2 Å². The van der Waals surface area contributed by atoms with Crippen molar-refractivity contribution >= 4 is 46.3 Å². The Morgan fingerprint density at radius 1 is 0.780 bits per heavy atom. The van der Waals surface area contributed by atoms with E-state index < -0.39 is 53.6 Å². The highest BCUT2D eigenvalue weighted by Crippen LogP contribution is 2.21. The van der Waals surface area contributed by atoms with Gasteiger partial charge in [0.15, 0.2) is 0 Å². The molecule has 5 N–H and O–H groups in total. The number of Topliss-reactive ketones (excluding diaryl/α,β-unsaturated/α-hetero) is 1. The lowest BCUT2D eigenvalue weighted by molar-refractivity contribution is -0.141. The molecular weight excluding hydrogens is 638 g/mol. The molecule has 0 bridgehead atoms. The zero-order valence-electron chi connectivity index (χ0n) is 29.0. The molecule has 4 rings (SSSR count). The summed E-state index contributed by atoms with van der Waals surface area (Å²) < 4.78 is 5.43. The third-order valence-electron chi connectivity index (χ3n) is 8.42. The van der Waals surface area contributed by atoms with Gasteiger partial charge in [0.25, 0.3) is 5.91 Å². The van der Waals surface area contributed by atoms with Gasteiger partial charge >= 0.3 is 6.09 Å². The third kappa shape index (κ3) is 10.9. The van der Waals surface area contributed by atoms with Crippen molar-refractivity contribution in [2.45, 2.75) is 84.2 Å². The van der Waals surface area contributed by atoms with Crippen LogP contribution in [0.5, 0.6) is 0 Å². The number of carbonyl (C=O) groups excluding carboxylic acids is 6. The Labute approximate surface area is 292 Å². The summed E-state index contributed by atoms with van der Waals surface area (Å²) in [6, 6.07) is 18.6. The lowest BCUT2D eigenvalue weighted by Crippen LogP contribution is -2.58. The molecule has 1 saturated heterocycles. The van der Waals surface area contributed by atoms with Crippen LogP contribution in [-0.2, 0) is 41.7 Å². The van der Waals surface area contributed by atoms with Crippen molar-refractivity contribution in [2.75, 3.05) is 6.54 Å². The molecule has 1 aliphatic heterocycles.